The summed E-state index contributed by atoms with van der Waals surface area (Å²) >= 11 is 1.28. The second-order valence-electron chi connectivity index (χ2n) is 4.19. The zero-order chi connectivity index (χ0) is 13.9. The molecule has 0 unspecified atom stereocenters. The molecule has 0 bridgehead atoms. The molecular formula is C14H12N4OS. The van der Waals surface area contributed by atoms with Crippen molar-refractivity contribution in [3.05, 3.63) is 53.0 Å². The molecule has 2 aromatic carbocycles. The Morgan fingerprint density at radius 3 is 2.75 bits per heavy atom. The van der Waals surface area contributed by atoms with Crippen LogP contribution in [0, 0.1) is 0 Å². The topological polar surface area (TPSA) is 80.9 Å². The third kappa shape index (κ3) is 2.38. The number of nitrogens with two attached hydrogens (primary N) is 1. The number of fused-ring (bicyclic) bond motifs is 1. The standard InChI is InChI=1S/C14H12N4OS/c15-8-12-17-18-14(20-12)16-13(19)11-7-3-5-9-4-1-2-6-10(9)11/h1-7H,8,15H2,(H,16,18,19). The molecule has 0 saturated carbocycles. The Morgan fingerprint density at radius 1 is 1.15 bits per heavy atom. The number of rotatable bonds is 3. The van der Waals surface area contributed by atoms with E-state index in [1.807, 2.05) is 36.4 Å². The zero-order valence-corrected chi connectivity index (χ0v) is 11.4. The van der Waals surface area contributed by atoms with Crippen LogP contribution in [0.5, 0.6) is 0 Å². The smallest absolute Gasteiger partial charge is 0.258 e. The molecule has 1 amide bonds. The van der Waals surface area contributed by atoms with E-state index in [1.54, 1.807) is 6.07 Å². The van der Waals surface area contributed by atoms with Gasteiger partial charge in [-0.05, 0) is 16.8 Å². The number of aromatic nitrogens is 2. The van der Waals surface area contributed by atoms with Gasteiger partial charge in [-0.25, -0.2) is 0 Å². The molecule has 3 N–H and O–H groups in total. The van der Waals surface area contributed by atoms with Gasteiger partial charge in [-0.2, -0.15) is 0 Å². The lowest BCUT2D eigenvalue weighted by atomic mass is 10.0. The fourth-order valence-corrected chi connectivity index (χ4v) is 2.59. The Morgan fingerprint density at radius 2 is 1.95 bits per heavy atom. The van der Waals surface area contributed by atoms with Crippen molar-refractivity contribution in [1.29, 1.82) is 0 Å². The van der Waals surface area contributed by atoms with Crippen LogP contribution in [0.2, 0.25) is 0 Å². The lowest BCUT2D eigenvalue weighted by molar-refractivity contribution is 0.102. The lowest BCUT2D eigenvalue weighted by Gasteiger charge is -2.05. The third-order valence-corrected chi connectivity index (χ3v) is 3.76. The molecule has 0 saturated heterocycles. The number of nitrogens with one attached hydrogen (secondary N) is 1. The average molecular weight is 284 g/mol. The van der Waals surface area contributed by atoms with E-state index < -0.39 is 0 Å². The maximum absolute atomic E-state index is 12.3. The van der Waals surface area contributed by atoms with Gasteiger partial charge in [0, 0.05) is 12.1 Å². The summed E-state index contributed by atoms with van der Waals surface area (Å²) in [5, 5.41) is 13.6. The maximum Gasteiger partial charge on any atom is 0.258 e. The van der Waals surface area contributed by atoms with E-state index in [2.05, 4.69) is 15.5 Å². The van der Waals surface area contributed by atoms with Crippen molar-refractivity contribution in [3.63, 3.8) is 0 Å². The molecular weight excluding hydrogens is 272 g/mol. The zero-order valence-electron chi connectivity index (χ0n) is 10.5. The van der Waals surface area contributed by atoms with Crippen molar-refractivity contribution in [1.82, 2.24) is 10.2 Å². The maximum atomic E-state index is 12.3. The number of carbonyl (C=O) groups is 1. The minimum absolute atomic E-state index is 0.193. The Bertz CT molecular complexity index is 763. The van der Waals surface area contributed by atoms with Crippen LogP contribution in [0.25, 0.3) is 10.8 Å². The van der Waals surface area contributed by atoms with Gasteiger partial charge in [0.25, 0.3) is 5.91 Å². The molecule has 3 aromatic rings. The molecule has 0 aliphatic heterocycles. The number of hydrogen-bond donors (Lipinski definition) is 2. The van der Waals surface area contributed by atoms with E-state index >= 15 is 0 Å². The molecule has 5 nitrogen and oxygen atoms in total. The number of anilines is 1. The van der Waals surface area contributed by atoms with Gasteiger partial charge < -0.3 is 5.73 Å². The molecule has 20 heavy (non-hydrogen) atoms. The first-order valence-electron chi connectivity index (χ1n) is 6.09. The summed E-state index contributed by atoms with van der Waals surface area (Å²) in [6.07, 6.45) is 0. The summed E-state index contributed by atoms with van der Waals surface area (Å²) in [6, 6.07) is 13.4. The van der Waals surface area contributed by atoms with Crippen LogP contribution in [-0.2, 0) is 6.54 Å². The second-order valence-corrected chi connectivity index (χ2v) is 5.25. The summed E-state index contributed by atoms with van der Waals surface area (Å²) in [5.74, 6) is -0.193. The average Bonchev–Trinajstić information content (AvgIpc) is 2.94. The largest absolute Gasteiger partial charge is 0.324 e. The minimum atomic E-state index is -0.193. The van der Waals surface area contributed by atoms with E-state index in [-0.39, 0.29) is 5.91 Å². The lowest BCUT2D eigenvalue weighted by Crippen LogP contribution is -2.12. The van der Waals surface area contributed by atoms with E-state index in [0.717, 1.165) is 10.8 Å². The first-order chi connectivity index (χ1) is 9.78. The van der Waals surface area contributed by atoms with Crippen LogP contribution in [0.3, 0.4) is 0 Å². The predicted octanol–water partition coefficient (Wildman–Crippen LogP) is 2.40. The third-order valence-electron chi connectivity index (χ3n) is 2.90. The molecule has 1 heterocycles. The highest BCUT2D eigenvalue weighted by atomic mass is 32.1. The van der Waals surface area contributed by atoms with E-state index in [4.69, 9.17) is 5.73 Å². The molecule has 0 radical (unpaired) electrons. The van der Waals surface area contributed by atoms with Crippen molar-refractivity contribution in [2.75, 3.05) is 5.32 Å². The summed E-state index contributed by atoms with van der Waals surface area (Å²) in [4.78, 5) is 12.3. The molecule has 0 aliphatic carbocycles. The number of amides is 1. The normalized spacial score (nSPS) is 10.7. The van der Waals surface area contributed by atoms with Crippen LogP contribution in [-0.4, -0.2) is 16.1 Å². The van der Waals surface area contributed by atoms with Crippen molar-refractivity contribution < 1.29 is 4.79 Å². The predicted molar refractivity (Wildman–Crippen MR) is 79.7 cm³/mol. The SMILES string of the molecule is NCc1nnc(NC(=O)c2cccc3ccccc23)s1. The number of hydrogen-bond acceptors (Lipinski definition) is 5. The fraction of sp³-hybridized carbons (Fsp3) is 0.0714. The minimum Gasteiger partial charge on any atom is -0.324 e. The summed E-state index contributed by atoms with van der Waals surface area (Å²) < 4.78 is 0. The molecule has 0 spiro atoms. The molecule has 1 aromatic heterocycles. The van der Waals surface area contributed by atoms with Gasteiger partial charge in [-0.15, -0.1) is 10.2 Å². The Kier molecular flexibility index (Phi) is 3.41. The number of benzene rings is 2. The van der Waals surface area contributed by atoms with Gasteiger partial charge >= 0.3 is 0 Å². The summed E-state index contributed by atoms with van der Waals surface area (Å²) in [6.45, 7) is 0.321. The highest BCUT2D eigenvalue weighted by Gasteiger charge is 2.12. The van der Waals surface area contributed by atoms with Crippen LogP contribution >= 0.6 is 11.3 Å². The van der Waals surface area contributed by atoms with Crippen LogP contribution in [0.4, 0.5) is 5.13 Å². The van der Waals surface area contributed by atoms with Gasteiger partial charge in [0.05, 0.1) is 0 Å². The molecule has 0 atom stereocenters. The molecule has 6 heteroatoms. The van der Waals surface area contributed by atoms with Gasteiger partial charge in [0.1, 0.15) is 5.01 Å². The summed E-state index contributed by atoms with van der Waals surface area (Å²) in [7, 11) is 0. The molecule has 0 fully saturated rings. The van der Waals surface area contributed by atoms with Crippen LogP contribution < -0.4 is 11.1 Å². The monoisotopic (exact) mass is 284 g/mol. The molecule has 3 rings (SSSR count). The quantitative estimate of drug-likeness (QED) is 0.774. The Labute approximate surface area is 119 Å². The van der Waals surface area contributed by atoms with Gasteiger partial charge in [-0.3, -0.25) is 10.1 Å². The van der Waals surface area contributed by atoms with Crippen molar-refractivity contribution in [2.45, 2.75) is 6.54 Å². The van der Waals surface area contributed by atoms with Crippen LogP contribution in [0.15, 0.2) is 42.5 Å². The molecule has 100 valence electrons. The first kappa shape index (κ1) is 12.7. The van der Waals surface area contributed by atoms with Crippen molar-refractivity contribution in [2.24, 2.45) is 5.73 Å². The highest BCUT2D eigenvalue weighted by Crippen LogP contribution is 2.21. The van der Waals surface area contributed by atoms with E-state index in [1.165, 1.54) is 11.3 Å². The second kappa shape index (κ2) is 5.36. The highest BCUT2D eigenvalue weighted by molar-refractivity contribution is 7.15. The molecule has 0 aliphatic rings. The van der Waals surface area contributed by atoms with Crippen molar-refractivity contribution >= 4 is 33.1 Å². The van der Waals surface area contributed by atoms with Crippen LogP contribution in [0.1, 0.15) is 15.4 Å². The Balaban J connectivity index is 1.92. The summed E-state index contributed by atoms with van der Waals surface area (Å²) in [5.41, 5.74) is 6.09. The van der Waals surface area contributed by atoms with Gasteiger partial charge in [-0.1, -0.05) is 47.7 Å². The van der Waals surface area contributed by atoms with E-state index in [0.29, 0.717) is 22.2 Å². The Hall–Kier alpha value is -2.31. The number of nitrogens with zero attached hydrogens (tertiary/aromatic N) is 2. The van der Waals surface area contributed by atoms with Gasteiger partial charge in [0.2, 0.25) is 5.13 Å². The first-order valence-corrected chi connectivity index (χ1v) is 6.91. The number of carbonyl (C=O) groups excluding carboxylic acids is 1. The van der Waals surface area contributed by atoms with Crippen molar-refractivity contribution in [3.8, 4) is 0 Å². The van der Waals surface area contributed by atoms with Gasteiger partial charge in [0.15, 0.2) is 0 Å². The fourth-order valence-electron chi connectivity index (χ4n) is 1.97. The van der Waals surface area contributed by atoms with E-state index in [9.17, 15) is 4.79 Å².